The second-order valence-electron chi connectivity index (χ2n) is 5.09. The van der Waals surface area contributed by atoms with Crippen molar-refractivity contribution in [2.24, 2.45) is 0 Å². The first-order valence-corrected chi connectivity index (χ1v) is 6.66. The van der Waals surface area contributed by atoms with Crippen molar-refractivity contribution in [3.63, 3.8) is 0 Å². The van der Waals surface area contributed by atoms with Gasteiger partial charge < -0.3 is 4.42 Å². The van der Waals surface area contributed by atoms with E-state index in [2.05, 4.69) is 9.97 Å². The highest BCUT2D eigenvalue weighted by Crippen LogP contribution is 2.20. The minimum absolute atomic E-state index is 0.0289. The molecule has 1 atom stereocenters. The molecule has 0 unspecified atom stereocenters. The van der Waals surface area contributed by atoms with Crippen LogP contribution in [-0.2, 0) is 6.54 Å². The molecule has 0 aromatic carbocycles. The fraction of sp³-hybridized carbons (Fsp3) is 0.267. The zero-order valence-electron chi connectivity index (χ0n) is 11.9. The summed E-state index contributed by atoms with van der Waals surface area (Å²) in [5.41, 5.74) is 0.541. The van der Waals surface area contributed by atoms with E-state index in [4.69, 9.17) is 4.42 Å². The summed E-state index contributed by atoms with van der Waals surface area (Å²) in [6, 6.07) is 5.42. The summed E-state index contributed by atoms with van der Waals surface area (Å²) in [5, 5.41) is 0.574. The Labute approximate surface area is 121 Å². The predicted molar refractivity (Wildman–Crippen MR) is 78.9 cm³/mol. The number of nitrogens with zero attached hydrogens (tertiary/aromatic N) is 4. The SMILES string of the molecule is CN(C)[C@@H](Cn1cnc2cnccc2c1=O)c1ccco1. The fourth-order valence-electron chi connectivity index (χ4n) is 2.31. The number of rotatable bonds is 4. The number of hydrogen-bond acceptors (Lipinski definition) is 5. The van der Waals surface area contributed by atoms with Crippen molar-refractivity contribution >= 4 is 10.9 Å². The van der Waals surface area contributed by atoms with Crippen LogP contribution >= 0.6 is 0 Å². The van der Waals surface area contributed by atoms with Gasteiger partial charge in [0.15, 0.2) is 0 Å². The lowest BCUT2D eigenvalue weighted by molar-refractivity contribution is 0.230. The van der Waals surface area contributed by atoms with Crippen molar-refractivity contribution in [2.75, 3.05) is 14.1 Å². The molecule has 6 heteroatoms. The minimum atomic E-state index is -0.0687. The number of fused-ring (bicyclic) bond motifs is 1. The highest BCUT2D eigenvalue weighted by molar-refractivity contribution is 5.75. The molecule has 3 heterocycles. The van der Waals surface area contributed by atoms with Crippen LogP contribution in [0.2, 0.25) is 0 Å². The first kappa shape index (κ1) is 13.5. The average molecular weight is 284 g/mol. The average Bonchev–Trinajstić information content (AvgIpc) is 3.00. The van der Waals surface area contributed by atoms with Gasteiger partial charge in [0.05, 0.1) is 35.7 Å². The van der Waals surface area contributed by atoms with Crippen LogP contribution in [0.25, 0.3) is 10.9 Å². The summed E-state index contributed by atoms with van der Waals surface area (Å²) in [5.74, 6) is 0.821. The maximum Gasteiger partial charge on any atom is 0.261 e. The third-order valence-corrected chi connectivity index (χ3v) is 3.49. The van der Waals surface area contributed by atoms with Gasteiger partial charge in [-0.3, -0.25) is 19.2 Å². The second-order valence-corrected chi connectivity index (χ2v) is 5.09. The highest BCUT2D eigenvalue weighted by atomic mass is 16.3. The zero-order chi connectivity index (χ0) is 14.8. The Hall–Kier alpha value is -2.47. The Balaban J connectivity index is 2.01. The lowest BCUT2D eigenvalue weighted by Crippen LogP contribution is -2.30. The third-order valence-electron chi connectivity index (χ3n) is 3.49. The van der Waals surface area contributed by atoms with Crippen LogP contribution in [0.4, 0.5) is 0 Å². The monoisotopic (exact) mass is 284 g/mol. The molecule has 0 aliphatic heterocycles. The van der Waals surface area contributed by atoms with E-state index in [9.17, 15) is 4.79 Å². The summed E-state index contributed by atoms with van der Waals surface area (Å²) >= 11 is 0. The Kier molecular flexibility index (Phi) is 3.53. The van der Waals surface area contributed by atoms with E-state index in [0.717, 1.165) is 5.76 Å². The Morgan fingerprint density at radius 3 is 2.95 bits per heavy atom. The molecule has 3 aromatic rings. The van der Waals surface area contributed by atoms with Gasteiger partial charge in [-0.1, -0.05) is 0 Å². The molecule has 6 nitrogen and oxygen atoms in total. The van der Waals surface area contributed by atoms with E-state index in [-0.39, 0.29) is 11.6 Å². The topological polar surface area (TPSA) is 64.2 Å². The van der Waals surface area contributed by atoms with Crippen molar-refractivity contribution in [3.05, 3.63) is 59.3 Å². The molecule has 0 aliphatic rings. The van der Waals surface area contributed by atoms with Crippen LogP contribution in [-0.4, -0.2) is 33.5 Å². The zero-order valence-corrected chi connectivity index (χ0v) is 11.9. The predicted octanol–water partition coefficient (Wildman–Crippen LogP) is 1.69. The van der Waals surface area contributed by atoms with Crippen molar-refractivity contribution in [1.29, 1.82) is 0 Å². The molecular formula is C15H16N4O2. The molecule has 0 N–H and O–H groups in total. The van der Waals surface area contributed by atoms with E-state index in [1.165, 1.54) is 0 Å². The molecule has 3 aromatic heterocycles. The molecule has 0 radical (unpaired) electrons. The highest BCUT2D eigenvalue weighted by Gasteiger charge is 2.18. The standard InChI is InChI=1S/C15H16N4O2/c1-18(2)13(14-4-3-7-21-14)9-19-10-17-12-8-16-6-5-11(12)15(19)20/h3-8,10,13H,9H2,1-2H3/t13-/m0/s1. The summed E-state index contributed by atoms with van der Waals surface area (Å²) in [4.78, 5) is 22.8. The van der Waals surface area contributed by atoms with E-state index < -0.39 is 0 Å². The van der Waals surface area contributed by atoms with Gasteiger partial charge in [0.25, 0.3) is 5.56 Å². The number of likely N-dealkylation sites (N-methyl/N-ethyl adjacent to an activating group) is 1. The quantitative estimate of drug-likeness (QED) is 0.729. The third kappa shape index (κ3) is 2.57. The molecule has 0 bridgehead atoms. The van der Waals surface area contributed by atoms with E-state index in [1.54, 1.807) is 35.6 Å². The van der Waals surface area contributed by atoms with Gasteiger partial charge in [-0.2, -0.15) is 0 Å². The molecular weight excluding hydrogens is 268 g/mol. The van der Waals surface area contributed by atoms with Crippen LogP contribution in [0.5, 0.6) is 0 Å². The summed E-state index contributed by atoms with van der Waals surface area (Å²) < 4.78 is 7.08. The minimum Gasteiger partial charge on any atom is -0.468 e. The van der Waals surface area contributed by atoms with Gasteiger partial charge in [0, 0.05) is 12.7 Å². The Morgan fingerprint density at radius 1 is 1.38 bits per heavy atom. The van der Waals surface area contributed by atoms with Crippen molar-refractivity contribution in [1.82, 2.24) is 19.4 Å². The van der Waals surface area contributed by atoms with Crippen molar-refractivity contribution in [2.45, 2.75) is 12.6 Å². The number of pyridine rings is 1. The van der Waals surface area contributed by atoms with E-state index in [0.29, 0.717) is 17.4 Å². The van der Waals surface area contributed by atoms with Crippen LogP contribution in [0.15, 0.2) is 52.4 Å². The van der Waals surface area contributed by atoms with Crippen molar-refractivity contribution in [3.8, 4) is 0 Å². The number of hydrogen-bond donors (Lipinski definition) is 0. The second kappa shape index (κ2) is 5.49. The molecule has 0 fully saturated rings. The first-order valence-electron chi connectivity index (χ1n) is 6.66. The molecule has 21 heavy (non-hydrogen) atoms. The van der Waals surface area contributed by atoms with Gasteiger partial charge >= 0.3 is 0 Å². The van der Waals surface area contributed by atoms with Gasteiger partial charge in [-0.25, -0.2) is 4.98 Å². The summed E-state index contributed by atoms with van der Waals surface area (Å²) in [6.45, 7) is 0.477. The van der Waals surface area contributed by atoms with Crippen LogP contribution < -0.4 is 5.56 Å². The fourth-order valence-corrected chi connectivity index (χ4v) is 2.31. The molecule has 0 amide bonds. The van der Waals surface area contributed by atoms with E-state index >= 15 is 0 Å². The molecule has 0 saturated carbocycles. The summed E-state index contributed by atoms with van der Waals surface area (Å²) in [6.07, 6.45) is 6.40. The lowest BCUT2D eigenvalue weighted by Gasteiger charge is -2.23. The molecule has 0 spiro atoms. The maximum absolute atomic E-state index is 12.5. The van der Waals surface area contributed by atoms with E-state index in [1.807, 2.05) is 31.1 Å². The first-order chi connectivity index (χ1) is 10.2. The Bertz CT molecular complexity index is 793. The molecule has 3 rings (SSSR count). The molecule has 0 saturated heterocycles. The normalized spacial score (nSPS) is 12.9. The van der Waals surface area contributed by atoms with Crippen LogP contribution in [0, 0.1) is 0 Å². The van der Waals surface area contributed by atoms with Gasteiger partial charge in [0.1, 0.15) is 5.76 Å². The maximum atomic E-state index is 12.5. The summed E-state index contributed by atoms with van der Waals surface area (Å²) in [7, 11) is 3.91. The molecule has 0 aliphatic carbocycles. The van der Waals surface area contributed by atoms with Crippen LogP contribution in [0.1, 0.15) is 11.8 Å². The lowest BCUT2D eigenvalue weighted by atomic mass is 10.2. The van der Waals surface area contributed by atoms with Gasteiger partial charge in [0.2, 0.25) is 0 Å². The van der Waals surface area contributed by atoms with Crippen molar-refractivity contribution < 1.29 is 4.42 Å². The van der Waals surface area contributed by atoms with Gasteiger partial charge in [-0.15, -0.1) is 0 Å². The number of aromatic nitrogens is 3. The Morgan fingerprint density at radius 2 is 2.24 bits per heavy atom. The van der Waals surface area contributed by atoms with Crippen LogP contribution in [0.3, 0.4) is 0 Å². The van der Waals surface area contributed by atoms with Gasteiger partial charge in [-0.05, 0) is 32.3 Å². The largest absolute Gasteiger partial charge is 0.468 e. The molecule has 108 valence electrons. The smallest absolute Gasteiger partial charge is 0.261 e. The number of furan rings is 1.